The molecule has 0 spiro atoms. The highest BCUT2D eigenvalue weighted by atomic mass is 16.5. The van der Waals surface area contributed by atoms with E-state index in [1.165, 1.54) is 0 Å². The summed E-state index contributed by atoms with van der Waals surface area (Å²) in [5, 5.41) is 9.95. The Hall–Kier alpha value is -3.28. The average Bonchev–Trinajstić information content (AvgIpc) is 3.16. The summed E-state index contributed by atoms with van der Waals surface area (Å²) in [6.07, 6.45) is 3.67. The van der Waals surface area contributed by atoms with E-state index in [9.17, 15) is 4.79 Å². The molecule has 0 atom stereocenters. The lowest BCUT2D eigenvalue weighted by atomic mass is 10.1. The summed E-state index contributed by atoms with van der Waals surface area (Å²) in [7, 11) is 0. The van der Waals surface area contributed by atoms with E-state index in [2.05, 4.69) is 15.7 Å². The largest absolute Gasteiger partial charge is 0.494 e. The van der Waals surface area contributed by atoms with E-state index in [1.807, 2.05) is 72.4 Å². The van der Waals surface area contributed by atoms with Crippen LogP contribution in [0.4, 0.5) is 10.5 Å². The zero-order valence-corrected chi connectivity index (χ0v) is 14.7. The maximum absolute atomic E-state index is 12.2. The minimum absolute atomic E-state index is 0.247. The number of nitrogens with zero attached hydrogens (tertiary/aromatic N) is 2. The van der Waals surface area contributed by atoms with Crippen molar-refractivity contribution < 1.29 is 9.53 Å². The van der Waals surface area contributed by atoms with Gasteiger partial charge in [0, 0.05) is 24.6 Å². The van der Waals surface area contributed by atoms with Crippen LogP contribution in [0.2, 0.25) is 0 Å². The molecule has 6 nitrogen and oxygen atoms in total. The van der Waals surface area contributed by atoms with Gasteiger partial charge in [0.15, 0.2) is 0 Å². The molecular weight excluding hydrogens is 328 g/mol. The molecule has 0 saturated heterocycles. The van der Waals surface area contributed by atoms with Gasteiger partial charge in [-0.25, -0.2) is 4.79 Å². The molecule has 1 heterocycles. The van der Waals surface area contributed by atoms with Crippen molar-refractivity contribution in [2.75, 3.05) is 11.9 Å². The Bertz CT molecular complexity index is 829. The molecule has 26 heavy (non-hydrogen) atoms. The topological polar surface area (TPSA) is 68.2 Å². The summed E-state index contributed by atoms with van der Waals surface area (Å²) in [6.45, 7) is 3.67. The Morgan fingerprint density at radius 3 is 2.54 bits per heavy atom. The fourth-order valence-electron chi connectivity index (χ4n) is 2.60. The molecular formula is C20H22N4O2. The fraction of sp³-hybridized carbons (Fsp3) is 0.200. The number of ether oxygens (including phenoxy) is 1. The highest BCUT2D eigenvalue weighted by Gasteiger charge is 2.06. The second-order valence-electron chi connectivity index (χ2n) is 5.74. The maximum atomic E-state index is 12.2. The smallest absolute Gasteiger partial charge is 0.319 e. The predicted molar refractivity (Wildman–Crippen MR) is 101 cm³/mol. The fourth-order valence-corrected chi connectivity index (χ4v) is 2.60. The van der Waals surface area contributed by atoms with Crippen LogP contribution in [0.5, 0.6) is 5.75 Å². The van der Waals surface area contributed by atoms with Gasteiger partial charge in [-0.1, -0.05) is 24.3 Å². The highest BCUT2D eigenvalue weighted by molar-refractivity contribution is 5.89. The molecule has 134 valence electrons. The molecule has 0 aliphatic carbocycles. The van der Waals surface area contributed by atoms with Crippen molar-refractivity contribution in [3.8, 4) is 5.75 Å². The Morgan fingerprint density at radius 1 is 1.08 bits per heavy atom. The lowest BCUT2D eigenvalue weighted by molar-refractivity contribution is 0.251. The van der Waals surface area contributed by atoms with Gasteiger partial charge in [-0.3, -0.25) is 4.68 Å². The number of hydrogen-bond donors (Lipinski definition) is 2. The van der Waals surface area contributed by atoms with Crippen molar-refractivity contribution in [1.29, 1.82) is 0 Å². The maximum Gasteiger partial charge on any atom is 0.319 e. The van der Waals surface area contributed by atoms with E-state index < -0.39 is 0 Å². The number of amides is 2. The molecule has 2 N–H and O–H groups in total. The van der Waals surface area contributed by atoms with Gasteiger partial charge in [-0.05, 0) is 48.4 Å². The van der Waals surface area contributed by atoms with Gasteiger partial charge in [0.1, 0.15) is 5.75 Å². The third-order valence-electron chi connectivity index (χ3n) is 3.87. The molecule has 0 aliphatic rings. The van der Waals surface area contributed by atoms with Crippen LogP contribution in [0.3, 0.4) is 0 Å². The number of rotatable bonds is 7. The molecule has 0 unspecified atom stereocenters. The molecule has 1 aromatic heterocycles. The Kier molecular flexibility index (Phi) is 5.88. The monoisotopic (exact) mass is 350 g/mol. The number of carbonyl (C=O) groups excluding carboxylic acids is 1. The summed E-state index contributed by atoms with van der Waals surface area (Å²) in [4.78, 5) is 12.2. The van der Waals surface area contributed by atoms with Crippen LogP contribution in [0.1, 0.15) is 18.1 Å². The molecule has 3 rings (SSSR count). The van der Waals surface area contributed by atoms with Crippen LogP contribution in [-0.2, 0) is 13.1 Å². The van der Waals surface area contributed by atoms with Crippen LogP contribution in [0.15, 0.2) is 67.0 Å². The number of anilines is 1. The number of benzene rings is 2. The van der Waals surface area contributed by atoms with E-state index >= 15 is 0 Å². The zero-order valence-electron chi connectivity index (χ0n) is 14.7. The van der Waals surface area contributed by atoms with Gasteiger partial charge in [-0.2, -0.15) is 5.10 Å². The normalized spacial score (nSPS) is 10.3. The quantitative estimate of drug-likeness (QED) is 0.683. The highest BCUT2D eigenvalue weighted by Crippen LogP contribution is 2.15. The SMILES string of the molecule is CCOc1ccc(NC(=O)NCc2ccccc2Cn2cccn2)cc1. The number of aromatic nitrogens is 2. The van der Waals surface area contributed by atoms with Crippen LogP contribution in [-0.4, -0.2) is 22.4 Å². The summed E-state index contributed by atoms with van der Waals surface area (Å²) in [6, 6.07) is 17.0. The van der Waals surface area contributed by atoms with Crippen molar-refractivity contribution in [3.05, 3.63) is 78.1 Å². The van der Waals surface area contributed by atoms with Crippen LogP contribution in [0.25, 0.3) is 0 Å². The standard InChI is InChI=1S/C20H22N4O2/c1-2-26-19-10-8-18(9-11-19)23-20(25)21-14-16-6-3-4-7-17(16)15-24-13-5-12-22-24/h3-13H,2,14-15H2,1H3,(H2,21,23,25). The van der Waals surface area contributed by atoms with Crippen LogP contribution in [0, 0.1) is 0 Å². The summed E-state index contributed by atoms with van der Waals surface area (Å²) < 4.78 is 7.25. The molecule has 6 heteroatoms. The minimum atomic E-state index is -0.247. The zero-order chi connectivity index (χ0) is 18.2. The van der Waals surface area contributed by atoms with Gasteiger partial charge in [-0.15, -0.1) is 0 Å². The van der Waals surface area contributed by atoms with Gasteiger partial charge in [0.2, 0.25) is 0 Å². The molecule has 3 aromatic rings. The molecule has 0 aliphatic heterocycles. The molecule has 2 aromatic carbocycles. The Balaban J connectivity index is 1.56. The first kappa shape index (κ1) is 17.5. The van der Waals surface area contributed by atoms with E-state index in [0.29, 0.717) is 19.7 Å². The lowest BCUT2D eigenvalue weighted by Crippen LogP contribution is -2.28. The second-order valence-corrected chi connectivity index (χ2v) is 5.74. The predicted octanol–water partition coefficient (Wildman–Crippen LogP) is 3.65. The first-order valence-corrected chi connectivity index (χ1v) is 8.56. The number of carbonyl (C=O) groups is 1. The van der Waals surface area contributed by atoms with Gasteiger partial charge in [0.25, 0.3) is 0 Å². The summed E-state index contributed by atoms with van der Waals surface area (Å²) in [5.74, 6) is 0.783. The summed E-state index contributed by atoms with van der Waals surface area (Å²) in [5.41, 5.74) is 2.90. The Morgan fingerprint density at radius 2 is 1.85 bits per heavy atom. The molecule has 0 saturated carbocycles. The van der Waals surface area contributed by atoms with Crippen LogP contribution >= 0.6 is 0 Å². The lowest BCUT2D eigenvalue weighted by Gasteiger charge is -2.12. The third-order valence-corrected chi connectivity index (χ3v) is 3.87. The minimum Gasteiger partial charge on any atom is -0.494 e. The third kappa shape index (κ3) is 4.86. The Labute approximate surface area is 152 Å². The van der Waals surface area contributed by atoms with Crippen molar-refractivity contribution in [2.45, 2.75) is 20.0 Å². The van der Waals surface area contributed by atoms with E-state index in [4.69, 9.17) is 4.74 Å². The molecule has 0 bridgehead atoms. The van der Waals surface area contributed by atoms with Gasteiger partial charge in [0.05, 0.1) is 13.2 Å². The number of urea groups is 1. The van der Waals surface area contributed by atoms with Crippen LogP contribution < -0.4 is 15.4 Å². The van der Waals surface area contributed by atoms with Crippen molar-refractivity contribution in [1.82, 2.24) is 15.1 Å². The number of nitrogens with one attached hydrogen (secondary N) is 2. The van der Waals surface area contributed by atoms with Crippen molar-refractivity contribution in [3.63, 3.8) is 0 Å². The first-order chi connectivity index (χ1) is 12.7. The first-order valence-electron chi connectivity index (χ1n) is 8.56. The van der Waals surface area contributed by atoms with Gasteiger partial charge >= 0.3 is 6.03 Å². The second kappa shape index (κ2) is 8.71. The summed E-state index contributed by atoms with van der Waals surface area (Å²) >= 11 is 0. The van der Waals surface area contributed by atoms with E-state index in [1.54, 1.807) is 6.20 Å². The van der Waals surface area contributed by atoms with Crippen molar-refractivity contribution in [2.24, 2.45) is 0 Å². The molecule has 2 amide bonds. The van der Waals surface area contributed by atoms with E-state index in [0.717, 1.165) is 22.6 Å². The average molecular weight is 350 g/mol. The van der Waals surface area contributed by atoms with E-state index in [-0.39, 0.29) is 6.03 Å². The molecule has 0 radical (unpaired) electrons. The van der Waals surface area contributed by atoms with Crippen molar-refractivity contribution >= 4 is 11.7 Å². The molecule has 0 fully saturated rings. The number of hydrogen-bond acceptors (Lipinski definition) is 3. The van der Waals surface area contributed by atoms with Gasteiger partial charge < -0.3 is 15.4 Å².